The van der Waals surface area contributed by atoms with E-state index in [1.807, 2.05) is 12.1 Å². The van der Waals surface area contributed by atoms with Gasteiger partial charge in [0.1, 0.15) is 5.82 Å². The quantitative estimate of drug-likeness (QED) is 0.736. The number of fused-ring (bicyclic) bond motifs is 1. The van der Waals surface area contributed by atoms with Crippen LogP contribution in [0.2, 0.25) is 0 Å². The van der Waals surface area contributed by atoms with Gasteiger partial charge in [-0.2, -0.15) is 5.26 Å². The molecule has 128 valence electrons. The fourth-order valence-electron chi connectivity index (χ4n) is 2.52. The lowest BCUT2D eigenvalue weighted by Crippen LogP contribution is -2.26. The molecular weight excluding hydrogens is 328 g/mol. The number of amides is 1. The lowest BCUT2D eigenvalue weighted by molar-refractivity contribution is -0.125. The molecule has 0 fully saturated rings. The van der Waals surface area contributed by atoms with E-state index in [0.717, 1.165) is 5.56 Å². The van der Waals surface area contributed by atoms with Gasteiger partial charge >= 0.3 is 0 Å². The van der Waals surface area contributed by atoms with Crippen molar-refractivity contribution in [1.82, 2.24) is 14.9 Å². The number of rotatable bonds is 4. The Balaban J connectivity index is 1.74. The Labute approximate surface area is 150 Å². The molecule has 6 heteroatoms. The average Bonchev–Trinajstić information content (AvgIpc) is 2.66. The van der Waals surface area contributed by atoms with E-state index in [9.17, 15) is 9.59 Å². The number of carbonyl (C=O) groups is 1. The van der Waals surface area contributed by atoms with E-state index in [1.165, 1.54) is 11.0 Å². The van der Waals surface area contributed by atoms with Crippen LogP contribution in [-0.2, 0) is 11.3 Å². The summed E-state index contributed by atoms with van der Waals surface area (Å²) in [5.74, 6) is 0.188. The molecule has 0 aliphatic carbocycles. The van der Waals surface area contributed by atoms with E-state index < -0.39 is 0 Å². The third-order valence-electron chi connectivity index (χ3n) is 3.86. The zero-order valence-electron chi connectivity index (χ0n) is 14.1. The zero-order valence-corrected chi connectivity index (χ0v) is 14.1. The number of H-pyrrole nitrogens is 1. The molecule has 0 spiro atoms. The van der Waals surface area contributed by atoms with Gasteiger partial charge in [0, 0.05) is 13.1 Å². The number of likely N-dealkylation sites (N-methyl/N-ethyl adjacent to an activating group) is 1. The summed E-state index contributed by atoms with van der Waals surface area (Å²) in [6.07, 6.45) is 3.08. The fourth-order valence-corrected chi connectivity index (χ4v) is 2.52. The van der Waals surface area contributed by atoms with Gasteiger partial charge in [0.15, 0.2) is 0 Å². The Kier molecular flexibility index (Phi) is 4.90. The summed E-state index contributed by atoms with van der Waals surface area (Å²) in [6.45, 7) is 0.182. The summed E-state index contributed by atoms with van der Waals surface area (Å²) < 4.78 is 0. The first-order valence-electron chi connectivity index (χ1n) is 7.98. The van der Waals surface area contributed by atoms with Crippen molar-refractivity contribution in [3.8, 4) is 6.07 Å². The molecule has 0 bridgehead atoms. The Morgan fingerprint density at radius 1 is 1.27 bits per heavy atom. The van der Waals surface area contributed by atoms with Crippen LogP contribution >= 0.6 is 0 Å². The molecule has 6 nitrogen and oxygen atoms in total. The van der Waals surface area contributed by atoms with E-state index in [2.05, 4.69) is 16.0 Å². The molecule has 0 aliphatic heterocycles. The van der Waals surface area contributed by atoms with E-state index in [0.29, 0.717) is 22.3 Å². The van der Waals surface area contributed by atoms with Crippen LogP contribution in [0.4, 0.5) is 0 Å². The van der Waals surface area contributed by atoms with Gasteiger partial charge in [-0.25, -0.2) is 4.98 Å². The van der Waals surface area contributed by atoms with Crippen molar-refractivity contribution >= 4 is 22.9 Å². The molecule has 3 aromatic rings. The maximum absolute atomic E-state index is 12.3. The molecule has 2 aromatic carbocycles. The maximum atomic E-state index is 12.3. The average molecular weight is 344 g/mol. The lowest BCUT2D eigenvalue weighted by Gasteiger charge is -2.14. The van der Waals surface area contributed by atoms with Crippen molar-refractivity contribution in [2.75, 3.05) is 7.05 Å². The Morgan fingerprint density at radius 2 is 2.08 bits per heavy atom. The number of hydrogen-bond acceptors (Lipinski definition) is 4. The van der Waals surface area contributed by atoms with Crippen LogP contribution in [0.1, 0.15) is 17.0 Å². The number of benzene rings is 2. The van der Waals surface area contributed by atoms with Crippen molar-refractivity contribution in [3.05, 3.63) is 81.9 Å². The molecule has 0 aliphatic rings. The second-order valence-corrected chi connectivity index (χ2v) is 5.79. The summed E-state index contributed by atoms with van der Waals surface area (Å²) in [4.78, 5) is 32.9. The number of carbonyl (C=O) groups excluding carboxylic acids is 1. The van der Waals surface area contributed by atoms with Crippen LogP contribution in [-0.4, -0.2) is 27.8 Å². The monoisotopic (exact) mass is 344 g/mol. The highest BCUT2D eigenvalue weighted by Gasteiger charge is 2.09. The van der Waals surface area contributed by atoms with Gasteiger partial charge < -0.3 is 9.88 Å². The fraction of sp³-hybridized carbons (Fsp3) is 0.100. The number of nitriles is 1. The molecule has 0 saturated carbocycles. The topological polar surface area (TPSA) is 89.8 Å². The van der Waals surface area contributed by atoms with Gasteiger partial charge in [0.25, 0.3) is 5.56 Å². The molecule has 1 amide bonds. The smallest absolute Gasteiger partial charge is 0.258 e. The molecule has 1 aromatic heterocycles. The first-order chi connectivity index (χ1) is 12.6. The van der Waals surface area contributed by atoms with Crippen molar-refractivity contribution < 1.29 is 4.79 Å². The highest BCUT2D eigenvalue weighted by atomic mass is 16.2. The highest BCUT2D eigenvalue weighted by molar-refractivity contribution is 5.91. The van der Waals surface area contributed by atoms with Crippen molar-refractivity contribution in [3.63, 3.8) is 0 Å². The normalized spacial score (nSPS) is 10.8. The highest BCUT2D eigenvalue weighted by Crippen LogP contribution is 2.08. The van der Waals surface area contributed by atoms with E-state index in [4.69, 9.17) is 5.26 Å². The van der Waals surface area contributed by atoms with Crippen LogP contribution in [0.5, 0.6) is 0 Å². The summed E-state index contributed by atoms with van der Waals surface area (Å²) in [7, 11) is 1.63. The second-order valence-electron chi connectivity index (χ2n) is 5.79. The van der Waals surface area contributed by atoms with Crippen LogP contribution in [0.3, 0.4) is 0 Å². The van der Waals surface area contributed by atoms with Crippen LogP contribution in [0, 0.1) is 11.3 Å². The molecule has 26 heavy (non-hydrogen) atoms. The minimum atomic E-state index is -0.233. The van der Waals surface area contributed by atoms with Crippen LogP contribution in [0.15, 0.2) is 59.4 Å². The number of hydrogen-bond donors (Lipinski definition) is 1. The Bertz CT molecular complexity index is 1090. The molecular formula is C20H16N4O2. The van der Waals surface area contributed by atoms with Gasteiger partial charge in [-0.3, -0.25) is 9.59 Å². The largest absolute Gasteiger partial charge is 0.335 e. The number of aromatic nitrogens is 2. The first-order valence-corrected chi connectivity index (χ1v) is 7.98. The molecule has 0 unspecified atom stereocenters. The van der Waals surface area contributed by atoms with Crippen molar-refractivity contribution in [2.24, 2.45) is 0 Å². The molecule has 0 saturated heterocycles. The number of aromatic amines is 1. The Morgan fingerprint density at radius 3 is 2.88 bits per heavy atom. The molecule has 0 atom stereocenters. The van der Waals surface area contributed by atoms with Crippen LogP contribution in [0.25, 0.3) is 17.0 Å². The van der Waals surface area contributed by atoms with Crippen molar-refractivity contribution in [1.29, 1.82) is 5.26 Å². The molecule has 3 rings (SSSR count). The number of nitrogens with one attached hydrogen (secondary N) is 1. The molecule has 0 radical (unpaired) electrons. The van der Waals surface area contributed by atoms with Gasteiger partial charge in [-0.15, -0.1) is 0 Å². The van der Waals surface area contributed by atoms with E-state index >= 15 is 0 Å². The lowest BCUT2D eigenvalue weighted by atomic mass is 10.1. The number of para-hydroxylation sites is 1. The summed E-state index contributed by atoms with van der Waals surface area (Å²) >= 11 is 0. The minimum absolute atomic E-state index is 0.182. The predicted octanol–water partition coefficient (Wildman–Crippen LogP) is 2.47. The minimum Gasteiger partial charge on any atom is -0.335 e. The Hall–Kier alpha value is -3.72. The summed E-state index contributed by atoms with van der Waals surface area (Å²) in [5.41, 5.74) is 1.67. The zero-order chi connectivity index (χ0) is 18.5. The van der Waals surface area contributed by atoms with E-state index in [1.54, 1.807) is 49.5 Å². The van der Waals surface area contributed by atoms with E-state index in [-0.39, 0.29) is 18.0 Å². The third-order valence-corrected chi connectivity index (χ3v) is 3.86. The summed E-state index contributed by atoms with van der Waals surface area (Å²) in [6, 6.07) is 16.1. The van der Waals surface area contributed by atoms with Gasteiger partial charge in [-0.1, -0.05) is 24.3 Å². The summed E-state index contributed by atoms with van der Waals surface area (Å²) in [5, 5.41) is 9.42. The van der Waals surface area contributed by atoms with Gasteiger partial charge in [0.2, 0.25) is 5.91 Å². The predicted molar refractivity (Wildman–Crippen MR) is 99.0 cm³/mol. The third kappa shape index (κ3) is 3.84. The van der Waals surface area contributed by atoms with Gasteiger partial charge in [0.05, 0.1) is 29.1 Å². The maximum Gasteiger partial charge on any atom is 0.258 e. The van der Waals surface area contributed by atoms with Crippen LogP contribution < -0.4 is 5.56 Å². The SMILES string of the molecule is CN(Cc1nc2ccccc2c(=O)[nH]1)C(=O)/C=C\c1cccc(C#N)c1. The first kappa shape index (κ1) is 17.1. The second kappa shape index (κ2) is 7.45. The molecule has 1 heterocycles. The van der Waals surface area contributed by atoms with Gasteiger partial charge in [-0.05, 0) is 35.9 Å². The molecule has 1 N–H and O–H groups in total. The number of nitrogens with zero attached hydrogens (tertiary/aromatic N) is 3. The standard InChI is InChI=1S/C20H16N4O2/c1-24(19(25)10-9-14-5-4-6-15(11-14)12-21)13-18-22-17-8-3-2-7-16(17)20(26)23-18/h2-11H,13H2,1H3,(H,22,23,26)/b10-9-. The van der Waals surface area contributed by atoms with Crippen molar-refractivity contribution in [2.45, 2.75) is 6.54 Å².